The van der Waals surface area contributed by atoms with E-state index in [1.54, 1.807) is 12.3 Å². The standard InChI is InChI=1S/C20H25N3O2/c1-20(2,3)16-8-6-15(7-9-16)19(24)23-13-10-17(11-14-23)25-18-5-4-12-21-22-18/h4-9,12,17H,10-11,13-14H2,1-3H3. The number of hydrogen-bond donors (Lipinski definition) is 0. The summed E-state index contributed by atoms with van der Waals surface area (Å²) < 4.78 is 5.83. The monoisotopic (exact) mass is 339 g/mol. The Morgan fingerprint density at radius 2 is 1.80 bits per heavy atom. The molecule has 0 N–H and O–H groups in total. The van der Waals surface area contributed by atoms with Crippen LogP contribution >= 0.6 is 0 Å². The van der Waals surface area contributed by atoms with Gasteiger partial charge in [0, 0.05) is 43.8 Å². The van der Waals surface area contributed by atoms with Crippen molar-refractivity contribution in [3.8, 4) is 5.88 Å². The van der Waals surface area contributed by atoms with Crippen LogP contribution in [-0.2, 0) is 5.41 Å². The second-order valence-corrected chi connectivity index (χ2v) is 7.50. The molecule has 0 radical (unpaired) electrons. The van der Waals surface area contributed by atoms with Gasteiger partial charge in [0.2, 0.25) is 5.88 Å². The van der Waals surface area contributed by atoms with Crippen LogP contribution in [0.25, 0.3) is 0 Å². The van der Waals surface area contributed by atoms with E-state index < -0.39 is 0 Å². The summed E-state index contributed by atoms with van der Waals surface area (Å²) in [6, 6.07) is 11.6. The van der Waals surface area contributed by atoms with Gasteiger partial charge in [-0.05, 0) is 29.2 Å². The minimum absolute atomic E-state index is 0.0871. The topological polar surface area (TPSA) is 55.3 Å². The maximum atomic E-state index is 12.7. The van der Waals surface area contributed by atoms with Gasteiger partial charge in [-0.25, -0.2) is 0 Å². The number of ether oxygens (including phenoxy) is 1. The molecule has 1 amide bonds. The predicted molar refractivity (Wildman–Crippen MR) is 96.7 cm³/mol. The zero-order valence-electron chi connectivity index (χ0n) is 15.1. The number of likely N-dealkylation sites (tertiary alicyclic amines) is 1. The zero-order valence-corrected chi connectivity index (χ0v) is 15.1. The van der Waals surface area contributed by atoms with Crippen LogP contribution in [0, 0.1) is 0 Å². The minimum Gasteiger partial charge on any atom is -0.473 e. The molecule has 5 nitrogen and oxygen atoms in total. The molecule has 1 aromatic carbocycles. The Bertz CT molecular complexity index is 700. The number of hydrogen-bond acceptors (Lipinski definition) is 4. The molecule has 1 aliphatic rings. The Balaban J connectivity index is 1.56. The van der Waals surface area contributed by atoms with Crippen LogP contribution in [0.1, 0.15) is 49.5 Å². The van der Waals surface area contributed by atoms with E-state index >= 15 is 0 Å². The zero-order chi connectivity index (χ0) is 17.9. The first-order valence-electron chi connectivity index (χ1n) is 8.78. The summed E-state index contributed by atoms with van der Waals surface area (Å²) in [6.07, 6.45) is 3.33. The van der Waals surface area contributed by atoms with Crippen LogP contribution in [-0.4, -0.2) is 40.2 Å². The number of rotatable bonds is 3. The molecule has 132 valence electrons. The quantitative estimate of drug-likeness (QED) is 0.859. The van der Waals surface area contributed by atoms with Crippen molar-refractivity contribution in [1.82, 2.24) is 15.1 Å². The highest BCUT2D eigenvalue weighted by molar-refractivity contribution is 5.94. The van der Waals surface area contributed by atoms with Gasteiger partial charge in [-0.2, -0.15) is 5.10 Å². The molecular weight excluding hydrogens is 314 g/mol. The van der Waals surface area contributed by atoms with Crippen molar-refractivity contribution in [2.24, 2.45) is 0 Å². The maximum Gasteiger partial charge on any atom is 0.253 e. The number of amides is 1. The van der Waals surface area contributed by atoms with Crippen molar-refractivity contribution in [2.75, 3.05) is 13.1 Å². The third kappa shape index (κ3) is 4.35. The van der Waals surface area contributed by atoms with Gasteiger partial charge in [0.05, 0.1) is 0 Å². The second-order valence-electron chi connectivity index (χ2n) is 7.50. The van der Waals surface area contributed by atoms with E-state index in [-0.39, 0.29) is 17.4 Å². The Labute approximate surface area is 149 Å². The molecule has 3 rings (SSSR count). The molecule has 0 spiro atoms. The number of nitrogens with zero attached hydrogens (tertiary/aromatic N) is 3. The van der Waals surface area contributed by atoms with E-state index in [0.717, 1.165) is 18.4 Å². The van der Waals surface area contributed by atoms with Crippen LogP contribution < -0.4 is 4.74 Å². The Morgan fingerprint density at radius 1 is 1.12 bits per heavy atom. The highest BCUT2D eigenvalue weighted by Gasteiger charge is 2.25. The summed E-state index contributed by atoms with van der Waals surface area (Å²) in [7, 11) is 0. The lowest BCUT2D eigenvalue weighted by Crippen LogP contribution is -2.41. The first-order valence-corrected chi connectivity index (χ1v) is 8.78. The van der Waals surface area contributed by atoms with Crippen molar-refractivity contribution in [3.05, 3.63) is 53.7 Å². The van der Waals surface area contributed by atoms with Crippen LogP contribution in [0.4, 0.5) is 0 Å². The molecule has 0 unspecified atom stereocenters. The largest absolute Gasteiger partial charge is 0.473 e. The van der Waals surface area contributed by atoms with E-state index in [1.807, 2.05) is 23.1 Å². The third-order valence-corrected chi connectivity index (χ3v) is 4.56. The Hall–Kier alpha value is -2.43. The minimum atomic E-state index is 0.0871. The molecule has 1 fully saturated rings. The summed E-state index contributed by atoms with van der Waals surface area (Å²) in [5, 5.41) is 7.77. The van der Waals surface area contributed by atoms with Gasteiger partial charge in [0.1, 0.15) is 6.10 Å². The van der Waals surface area contributed by atoms with E-state index in [0.29, 0.717) is 19.0 Å². The van der Waals surface area contributed by atoms with E-state index in [1.165, 1.54) is 5.56 Å². The van der Waals surface area contributed by atoms with Gasteiger partial charge < -0.3 is 9.64 Å². The normalized spacial score (nSPS) is 15.9. The van der Waals surface area contributed by atoms with Gasteiger partial charge in [0.15, 0.2) is 0 Å². The number of piperidine rings is 1. The van der Waals surface area contributed by atoms with Gasteiger partial charge in [-0.15, -0.1) is 5.10 Å². The molecule has 2 aromatic rings. The average Bonchev–Trinajstić information content (AvgIpc) is 2.62. The number of carbonyl (C=O) groups excluding carboxylic acids is 1. The van der Waals surface area contributed by atoms with Gasteiger partial charge in [0.25, 0.3) is 5.91 Å². The third-order valence-electron chi connectivity index (χ3n) is 4.56. The van der Waals surface area contributed by atoms with Crippen molar-refractivity contribution in [2.45, 2.75) is 45.1 Å². The molecule has 1 aliphatic heterocycles. The van der Waals surface area contributed by atoms with Crippen molar-refractivity contribution >= 4 is 5.91 Å². The van der Waals surface area contributed by atoms with Crippen LogP contribution in [0.3, 0.4) is 0 Å². The van der Waals surface area contributed by atoms with E-state index in [4.69, 9.17) is 4.74 Å². The molecule has 5 heteroatoms. The van der Waals surface area contributed by atoms with Gasteiger partial charge >= 0.3 is 0 Å². The summed E-state index contributed by atoms with van der Waals surface area (Å²) in [6.45, 7) is 7.92. The Morgan fingerprint density at radius 3 is 2.36 bits per heavy atom. The molecule has 0 aliphatic carbocycles. The molecule has 1 saturated heterocycles. The number of carbonyl (C=O) groups is 1. The van der Waals surface area contributed by atoms with Gasteiger partial charge in [-0.3, -0.25) is 4.79 Å². The molecule has 0 atom stereocenters. The summed E-state index contributed by atoms with van der Waals surface area (Å²) >= 11 is 0. The molecule has 2 heterocycles. The smallest absolute Gasteiger partial charge is 0.253 e. The summed E-state index contributed by atoms with van der Waals surface area (Å²) in [4.78, 5) is 14.6. The Kier molecular flexibility index (Phi) is 5.02. The molecule has 25 heavy (non-hydrogen) atoms. The summed E-state index contributed by atoms with van der Waals surface area (Å²) in [5.74, 6) is 0.642. The maximum absolute atomic E-state index is 12.7. The average molecular weight is 339 g/mol. The lowest BCUT2D eigenvalue weighted by Gasteiger charge is -2.32. The highest BCUT2D eigenvalue weighted by Crippen LogP contribution is 2.23. The summed E-state index contributed by atoms with van der Waals surface area (Å²) in [5.41, 5.74) is 2.08. The highest BCUT2D eigenvalue weighted by atomic mass is 16.5. The van der Waals surface area contributed by atoms with Crippen molar-refractivity contribution < 1.29 is 9.53 Å². The fourth-order valence-electron chi connectivity index (χ4n) is 2.99. The van der Waals surface area contributed by atoms with Crippen LogP contribution in [0.2, 0.25) is 0 Å². The first kappa shape index (κ1) is 17.4. The lowest BCUT2D eigenvalue weighted by molar-refractivity contribution is 0.0586. The fraction of sp³-hybridized carbons (Fsp3) is 0.450. The van der Waals surface area contributed by atoms with E-state index in [9.17, 15) is 4.79 Å². The van der Waals surface area contributed by atoms with Crippen LogP contribution in [0.15, 0.2) is 42.6 Å². The number of aromatic nitrogens is 2. The van der Waals surface area contributed by atoms with E-state index in [2.05, 4.69) is 43.1 Å². The van der Waals surface area contributed by atoms with Crippen molar-refractivity contribution in [3.63, 3.8) is 0 Å². The van der Waals surface area contributed by atoms with Crippen molar-refractivity contribution in [1.29, 1.82) is 0 Å². The molecule has 1 aromatic heterocycles. The molecular formula is C20H25N3O2. The second kappa shape index (κ2) is 7.21. The van der Waals surface area contributed by atoms with Gasteiger partial charge in [-0.1, -0.05) is 32.9 Å². The fourth-order valence-corrected chi connectivity index (χ4v) is 2.99. The molecule has 0 bridgehead atoms. The van der Waals surface area contributed by atoms with Crippen LogP contribution in [0.5, 0.6) is 5.88 Å². The first-order chi connectivity index (χ1) is 11.9. The lowest BCUT2D eigenvalue weighted by atomic mass is 9.86. The number of benzene rings is 1. The molecule has 0 saturated carbocycles. The predicted octanol–water partition coefficient (Wildman–Crippen LogP) is 3.46. The SMILES string of the molecule is CC(C)(C)c1ccc(C(=O)N2CCC(Oc3cccnn3)CC2)cc1.